The van der Waals surface area contributed by atoms with Crippen molar-refractivity contribution in [2.24, 2.45) is 0 Å². The Morgan fingerprint density at radius 3 is 3.00 bits per heavy atom. The maximum Gasteiger partial charge on any atom is 0.213 e. The number of hydrogen-bond donors (Lipinski definition) is 0. The second-order valence-electron chi connectivity index (χ2n) is 2.10. The van der Waals surface area contributed by atoms with Crippen LogP contribution in [0.4, 0.5) is 0 Å². The Labute approximate surface area is 60.9 Å². The van der Waals surface area contributed by atoms with E-state index in [0.717, 1.165) is 0 Å². The van der Waals surface area contributed by atoms with Gasteiger partial charge in [-0.3, -0.25) is 0 Å². The lowest BCUT2D eigenvalue weighted by Gasteiger charge is -2.00. The van der Waals surface area contributed by atoms with Crippen molar-refractivity contribution in [3.05, 3.63) is 23.9 Å². The maximum atomic E-state index is 5.18. The highest BCUT2D eigenvalue weighted by Crippen LogP contribution is 2.06. The van der Waals surface area contributed by atoms with Crippen molar-refractivity contribution < 1.29 is 4.74 Å². The fraction of sp³-hybridized carbons (Fsp3) is 0.375. The molecule has 54 valence electrons. The first-order chi connectivity index (χ1) is 4.83. The van der Waals surface area contributed by atoms with Gasteiger partial charge in [0.15, 0.2) is 0 Å². The zero-order chi connectivity index (χ0) is 7.40. The van der Waals surface area contributed by atoms with Crippen molar-refractivity contribution in [1.29, 1.82) is 0 Å². The quantitative estimate of drug-likeness (QED) is 0.620. The van der Waals surface area contributed by atoms with E-state index in [1.54, 1.807) is 6.20 Å². The molecule has 0 fully saturated rings. The first-order valence-electron chi connectivity index (χ1n) is 3.38. The van der Waals surface area contributed by atoms with Crippen molar-refractivity contribution >= 4 is 0 Å². The molecule has 0 N–H and O–H groups in total. The van der Waals surface area contributed by atoms with Gasteiger partial charge in [0.25, 0.3) is 0 Å². The molecular formula is C8H11NO. The second kappa shape index (κ2) is 3.20. The third-order valence-corrected chi connectivity index (χ3v) is 1.18. The van der Waals surface area contributed by atoms with Crippen molar-refractivity contribution in [2.75, 3.05) is 6.61 Å². The zero-order valence-electron chi connectivity index (χ0n) is 6.29. The Morgan fingerprint density at radius 1 is 1.60 bits per heavy atom. The van der Waals surface area contributed by atoms with E-state index in [0.29, 0.717) is 12.5 Å². The van der Waals surface area contributed by atoms with Gasteiger partial charge in [0.1, 0.15) is 0 Å². The van der Waals surface area contributed by atoms with Crippen LogP contribution in [0.25, 0.3) is 0 Å². The third kappa shape index (κ3) is 1.72. The van der Waals surface area contributed by atoms with E-state index < -0.39 is 0 Å². The average molecular weight is 137 g/mol. The molecule has 1 heterocycles. The van der Waals surface area contributed by atoms with Gasteiger partial charge in [-0.05, 0) is 25.5 Å². The monoisotopic (exact) mass is 137 g/mol. The first-order valence-corrected chi connectivity index (χ1v) is 3.38. The molecule has 1 rings (SSSR count). The van der Waals surface area contributed by atoms with E-state index in [9.17, 15) is 0 Å². The van der Waals surface area contributed by atoms with Gasteiger partial charge in [0.05, 0.1) is 6.61 Å². The van der Waals surface area contributed by atoms with Crippen LogP contribution in [-0.2, 0) is 0 Å². The summed E-state index contributed by atoms with van der Waals surface area (Å²) in [6.45, 7) is 4.64. The topological polar surface area (TPSA) is 22.1 Å². The van der Waals surface area contributed by atoms with Crippen LogP contribution in [0, 0.1) is 6.92 Å². The minimum absolute atomic E-state index is 0.677. The van der Waals surface area contributed by atoms with Crippen molar-refractivity contribution in [3.8, 4) is 5.88 Å². The third-order valence-electron chi connectivity index (χ3n) is 1.18. The summed E-state index contributed by atoms with van der Waals surface area (Å²) in [4.78, 5) is 4.01. The van der Waals surface area contributed by atoms with E-state index in [1.807, 2.05) is 26.0 Å². The molecule has 0 bridgehead atoms. The largest absolute Gasteiger partial charge is 0.478 e. The Morgan fingerprint density at radius 2 is 2.40 bits per heavy atom. The summed E-state index contributed by atoms with van der Waals surface area (Å²) < 4.78 is 5.18. The molecule has 2 nitrogen and oxygen atoms in total. The number of aryl methyl sites for hydroxylation is 1. The van der Waals surface area contributed by atoms with E-state index >= 15 is 0 Å². The van der Waals surface area contributed by atoms with E-state index in [2.05, 4.69) is 4.98 Å². The van der Waals surface area contributed by atoms with E-state index in [-0.39, 0.29) is 0 Å². The van der Waals surface area contributed by atoms with Gasteiger partial charge in [0, 0.05) is 12.3 Å². The molecule has 0 saturated carbocycles. The molecule has 0 aliphatic rings. The van der Waals surface area contributed by atoms with Gasteiger partial charge in [-0.25, -0.2) is 4.98 Å². The molecule has 0 saturated heterocycles. The summed E-state index contributed by atoms with van der Waals surface area (Å²) >= 11 is 0. The molecule has 1 aromatic rings. The fourth-order valence-corrected chi connectivity index (χ4v) is 0.735. The SMILES string of the molecule is CCOc1cc(C)ccn1. The van der Waals surface area contributed by atoms with Crippen LogP contribution in [-0.4, -0.2) is 11.6 Å². The second-order valence-corrected chi connectivity index (χ2v) is 2.10. The number of ether oxygens (including phenoxy) is 1. The van der Waals surface area contributed by atoms with Gasteiger partial charge in [-0.15, -0.1) is 0 Å². The van der Waals surface area contributed by atoms with Crippen molar-refractivity contribution in [3.63, 3.8) is 0 Å². The molecule has 10 heavy (non-hydrogen) atoms. The molecule has 0 atom stereocenters. The molecule has 1 aromatic heterocycles. The molecule has 2 heteroatoms. The summed E-state index contributed by atoms with van der Waals surface area (Å²) in [5, 5.41) is 0. The van der Waals surface area contributed by atoms with Crippen molar-refractivity contribution in [1.82, 2.24) is 4.98 Å². The average Bonchev–Trinajstić information content (AvgIpc) is 1.88. The lowest BCUT2D eigenvalue weighted by molar-refractivity contribution is 0.326. The summed E-state index contributed by atoms with van der Waals surface area (Å²) in [7, 11) is 0. The molecule has 0 aliphatic carbocycles. The van der Waals surface area contributed by atoms with E-state index in [1.165, 1.54) is 5.56 Å². The normalized spacial score (nSPS) is 9.40. The fourth-order valence-electron chi connectivity index (χ4n) is 0.735. The van der Waals surface area contributed by atoms with Crippen LogP contribution in [0.1, 0.15) is 12.5 Å². The number of nitrogens with zero attached hydrogens (tertiary/aromatic N) is 1. The molecule has 0 aliphatic heterocycles. The summed E-state index contributed by atoms with van der Waals surface area (Å²) in [6, 6.07) is 3.87. The minimum atomic E-state index is 0.677. The highest BCUT2D eigenvalue weighted by atomic mass is 16.5. The van der Waals surface area contributed by atoms with Gasteiger partial charge >= 0.3 is 0 Å². The van der Waals surface area contributed by atoms with Crippen LogP contribution < -0.4 is 4.74 Å². The van der Waals surface area contributed by atoms with Crippen LogP contribution in [0.2, 0.25) is 0 Å². The Balaban J connectivity index is 2.75. The summed E-state index contributed by atoms with van der Waals surface area (Å²) in [5.41, 5.74) is 1.18. The van der Waals surface area contributed by atoms with Crippen LogP contribution in [0.5, 0.6) is 5.88 Å². The Bertz CT molecular complexity index is 210. The molecule has 0 spiro atoms. The van der Waals surface area contributed by atoms with E-state index in [4.69, 9.17) is 4.74 Å². The molecule has 0 radical (unpaired) electrons. The Hall–Kier alpha value is -1.05. The van der Waals surface area contributed by atoms with Crippen LogP contribution in [0.15, 0.2) is 18.3 Å². The first kappa shape index (κ1) is 7.06. The van der Waals surface area contributed by atoms with Crippen molar-refractivity contribution in [2.45, 2.75) is 13.8 Å². The standard InChI is InChI=1S/C8H11NO/c1-3-10-8-6-7(2)4-5-9-8/h4-6H,3H2,1-2H3. The minimum Gasteiger partial charge on any atom is -0.478 e. The van der Waals surface area contributed by atoms with Gasteiger partial charge in [-0.2, -0.15) is 0 Å². The highest BCUT2D eigenvalue weighted by Gasteiger charge is 1.90. The smallest absolute Gasteiger partial charge is 0.213 e. The van der Waals surface area contributed by atoms with Gasteiger partial charge < -0.3 is 4.74 Å². The Kier molecular flexibility index (Phi) is 2.26. The van der Waals surface area contributed by atoms with Crippen LogP contribution in [0.3, 0.4) is 0 Å². The lowest BCUT2D eigenvalue weighted by atomic mass is 10.3. The number of hydrogen-bond acceptors (Lipinski definition) is 2. The lowest BCUT2D eigenvalue weighted by Crippen LogP contribution is -1.93. The molecular weight excluding hydrogens is 126 g/mol. The maximum absolute atomic E-state index is 5.18. The summed E-state index contributed by atoms with van der Waals surface area (Å²) in [5.74, 6) is 0.711. The predicted octanol–water partition coefficient (Wildman–Crippen LogP) is 1.79. The van der Waals surface area contributed by atoms with Gasteiger partial charge in [-0.1, -0.05) is 0 Å². The molecule has 0 amide bonds. The van der Waals surface area contributed by atoms with Crippen LogP contribution >= 0.6 is 0 Å². The predicted molar refractivity (Wildman–Crippen MR) is 40.1 cm³/mol. The summed E-state index contributed by atoms with van der Waals surface area (Å²) in [6.07, 6.45) is 1.75. The highest BCUT2D eigenvalue weighted by molar-refractivity contribution is 5.18. The number of pyridine rings is 1. The molecule has 0 aromatic carbocycles. The number of aromatic nitrogens is 1. The molecule has 0 unspecified atom stereocenters. The van der Waals surface area contributed by atoms with Gasteiger partial charge in [0.2, 0.25) is 5.88 Å². The zero-order valence-corrected chi connectivity index (χ0v) is 6.29. The number of rotatable bonds is 2.